The molecule has 13 heteroatoms. The molecule has 9 nitrogen and oxygen atoms in total. The summed E-state index contributed by atoms with van der Waals surface area (Å²) in [6, 6.07) is 9.81. The van der Waals surface area contributed by atoms with Gasteiger partial charge in [-0.25, -0.2) is 8.78 Å². The van der Waals surface area contributed by atoms with Crippen molar-refractivity contribution in [2.24, 2.45) is 0 Å². The Balaban J connectivity index is 1.38. The minimum absolute atomic E-state index is 0.0761. The monoisotopic (exact) mass is 622 g/mol. The smallest absolute Gasteiger partial charge is 0.303 e. The van der Waals surface area contributed by atoms with Crippen molar-refractivity contribution in [1.29, 1.82) is 0 Å². The Labute approximate surface area is 247 Å². The molecule has 42 heavy (non-hydrogen) atoms. The molecule has 0 unspecified atom stereocenters. The minimum atomic E-state index is -3.27. The van der Waals surface area contributed by atoms with Gasteiger partial charge in [0.2, 0.25) is 0 Å². The average molecular weight is 623 g/mol. The minimum Gasteiger partial charge on any atom is -0.493 e. The van der Waals surface area contributed by atoms with E-state index in [0.717, 1.165) is 21.4 Å². The van der Waals surface area contributed by atoms with Crippen LogP contribution in [0.3, 0.4) is 0 Å². The number of carbonyl (C=O) groups excluding carboxylic acids is 1. The first-order chi connectivity index (χ1) is 20.0. The molecule has 0 saturated heterocycles. The van der Waals surface area contributed by atoms with Gasteiger partial charge in [0, 0.05) is 40.8 Å². The molecule has 0 aliphatic carbocycles. The predicted octanol–water partition coefficient (Wildman–Crippen LogP) is 6.99. The van der Waals surface area contributed by atoms with Crippen molar-refractivity contribution in [2.45, 2.75) is 38.0 Å². The van der Waals surface area contributed by atoms with Crippen molar-refractivity contribution in [1.82, 2.24) is 0 Å². The molecule has 0 saturated carbocycles. The summed E-state index contributed by atoms with van der Waals surface area (Å²) in [4.78, 5) is 34.1. The van der Waals surface area contributed by atoms with E-state index in [-0.39, 0.29) is 36.7 Å². The number of rotatable bonds is 16. The van der Waals surface area contributed by atoms with Crippen LogP contribution in [0, 0.1) is 0 Å². The lowest BCUT2D eigenvalue weighted by Gasteiger charge is -2.13. The second-order valence-corrected chi connectivity index (χ2v) is 11.4. The van der Waals surface area contributed by atoms with Crippen LogP contribution in [0.15, 0.2) is 36.4 Å². The number of carboxylic acids is 2. The molecule has 4 aromatic rings. The Morgan fingerprint density at radius 2 is 1.29 bits per heavy atom. The molecule has 0 aliphatic heterocycles. The van der Waals surface area contributed by atoms with Crippen LogP contribution in [-0.4, -0.2) is 55.4 Å². The summed E-state index contributed by atoms with van der Waals surface area (Å²) in [7, 11) is 2.95. The van der Waals surface area contributed by atoms with Crippen LogP contribution in [-0.2, 0) is 15.5 Å². The second kappa shape index (κ2) is 13.3. The van der Waals surface area contributed by atoms with Gasteiger partial charge in [0.25, 0.3) is 5.92 Å². The van der Waals surface area contributed by atoms with Gasteiger partial charge in [-0.2, -0.15) is 0 Å². The molecule has 0 spiro atoms. The van der Waals surface area contributed by atoms with Crippen molar-refractivity contribution in [3.05, 3.63) is 46.2 Å². The molecule has 0 fully saturated rings. The van der Waals surface area contributed by atoms with Gasteiger partial charge in [0.1, 0.15) is 0 Å². The molecule has 0 amide bonds. The van der Waals surface area contributed by atoms with Crippen LogP contribution >= 0.6 is 22.7 Å². The van der Waals surface area contributed by atoms with Crippen LogP contribution < -0.4 is 18.9 Å². The number of thiophene rings is 2. The van der Waals surface area contributed by atoms with E-state index in [1.54, 1.807) is 30.3 Å². The summed E-state index contributed by atoms with van der Waals surface area (Å²) < 4.78 is 53.0. The highest BCUT2D eigenvalue weighted by atomic mass is 32.1. The summed E-state index contributed by atoms with van der Waals surface area (Å²) >= 11 is 2.13. The van der Waals surface area contributed by atoms with Gasteiger partial charge in [-0.3, -0.25) is 14.4 Å². The zero-order valence-electron chi connectivity index (χ0n) is 22.7. The number of methoxy groups -OCH3 is 2. The normalized spacial score (nSPS) is 11.5. The summed E-state index contributed by atoms with van der Waals surface area (Å²) in [6.07, 6.45) is -1.26. The quantitative estimate of drug-likeness (QED) is 0.100. The van der Waals surface area contributed by atoms with E-state index >= 15 is 0 Å². The third-order valence-corrected chi connectivity index (χ3v) is 8.61. The number of carboxylic acid groups (broad SMARTS) is 2. The van der Waals surface area contributed by atoms with E-state index < -0.39 is 30.7 Å². The van der Waals surface area contributed by atoms with E-state index in [2.05, 4.69) is 0 Å². The van der Waals surface area contributed by atoms with Crippen LogP contribution in [0.25, 0.3) is 20.2 Å². The fourth-order valence-electron chi connectivity index (χ4n) is 4.11. The number of carbonyl (C=O) groups is 3. The van der Waals surface area contributed by atoms with Gasteiger partial charge in [-0.1, -0.05) is 0 Å². The van der Waals surface area contributed by atoms with E-state index in [4.69, 9.17) is 29.2 Å². The Kier molecular flexibility index (Phi) is 9.84. The van der Waals surface area contributed by atoms with Gasteiger partial charge >= 0.3 is 11.9 Å². The zero-order chi connectivity index (χ0) is 30.4. The second-order valence-electron chi connectivity index (χ2n) is 9.27. The maximum atomic E-state index is 14.5. The van der Waals surface area contributed by atoms with E-state index in [0.29, 0.717) is 44.4 Å². The van der Waals surface area contributed by atoms with Crippen molar-refractivity contribution in [3.8, 4) is 23.0 Å². The van der Waals surface area contributed by atoms with Gasteiger partial charge in [0.15, 0.2) is 28.8 Å². The highest BCUT2D eigenvalue weighted by Crippen LogP contribution is 2.43. The fraction of sp³-hybridized carbons (Fsp3) is 0.345. The maximum absolute atomic E-state index is 14.5. The van der Waals surface area contributed by atoms with Gasteiger partial charge in [0.05, 0.1) is 50.0 Å². The third-order valence-electron chi connectivity index (χ3n) is 6.26. The van der Waals surface area contributed by atoms with Crippen LogP contribution in [0.2, 0.25) is 0 Å². The number of aliphatic carboxylic acids is 2. The number of fused-ring (bicyclic) bond motifs is 2. The average Bonchev–Trinajstić information content (AvgIpc) is 3.57. The molecule has 2 heterocycles. The molecule has 224 valence electrons. The number of benzene rings is 2. The Morgan fingerprint density at radius 1 is 0.738 bits per heavy atom. The largest absolute Gasteiger partial charge is 0.493 e. The molecule has 0 atom stereocenters. The van der Waals surface area contributed by atoms with Crippen molar-refractivity contribution in [3.63, 3.8) is 0 Å². The molecule has 4 rings (SSSR count). The summed E-state index contributed by atoms with van der Waals surface area (Å²) in [5.41, 5.74) is 0. The number of ketones is 1. The van der Waals surface area contributed by atoms with Crippen molar-refractivity contribution >= 4 is 60.6 Å². The number of hydrogen-bond donors (Lipinski definition) is 2. The zero-order valence-corrected chi connectivity index (χ0v) is 24.4. The number of alkyl halides is 2. The molecule has 2 N–H and O–H groups in total. The standard InChI is InChI=1S/C29H28F2O9S2/c1-37-19-10-16-12-25(18(32)4-5-27(33)34)41-23(16)14-21(19)39-8-3-9-40-22-15-24-17(11-20(22)38-2)13-26(42-24)29(30,31)7-6-28(35)36/h10-15H,3-9H2,1-2H3,(H,33,34)(H,35,36). The van der Waals surface area contributed by atoms with Crippen LogP contribution in [0.1, 0.15) is 46.7 Å². The Morgan fingerprint density at radius 3 is 1.83 bits per heavy atom. The highest BCUT2D eigenvalue weighted by Gasteiger charge is 2.34. The van der Waals surface area contributed by atoms with Gasteiger partial charge in [-0.15, -0.1) is 22.7 Å². The molecule has 0 aliphatic rings. The molecule has 2 aromatic carbocycles. The highest BCUT2D eigenvalue weighted by molar-refractivity contribution is 7.21. The number of Topliss-reactive ketones (excluding diaryl/α,β-unsaturated/α-hetero) is 1. The molecule has 0 bridgehead atoms. The van der Waals surface area contributed by atoms with Crippen molar-refractivity contribution in [2.75, 3.05) is 27.4 Å². The molecule has 2 aromatic heterocycles. The number of hydrogen-bond acceptors (Lipinski definition) is 9. The predicted molar refractivity (Wildman–Crippen MR) is 154 cm³/mol. The first kappa shape index (κ1) is 31.0. The van der Waals surface area contributed by atoms with Gasteiger partial charge < -0.3 is 29.2 Å². The lowest BCUT2D eigenvalue weighted by molar-refractivity contribution is -0.139. The number of halogens is 2. The maximum Gasteiger partial charge on any atom is 0.303 e. The lowest BCUT2D eigenvalue weighted by Crippen LogP contribution is -2.13. The molecular formula is C29H28F2O9S2. The van der Waals surface area contributed by atoms with Crippen molar-refractivity contribution < 1.29 is 52.3 Å². The van der Waals surface area contributed by atoms with E-state index in [1.165, 1.54) is 31.6 Å². The molecule has 0 radical (unpaired) electrons. The summed E-state index contributed by atoms with van der Waals surface area (Å²) in [6.45, 7) is 0.502. The third kappa shape index (κ3) is 7.45. The first-order valence-corrected chi connectivity index (χ1v) is 14.5. The number of ether oxygens (including phenoxy) is 4. The topological polar surface area (TPSA) is 129 Å². The molecular weight excluding hydrogens is 594 g/mol. The fourth-order valence-corrected chi connectivity index (χ4v) is 6.23. The summed E-state index contributed by atoms with van der Waals surface area (Å²) in [5, 5.41) is 18.9. The van der Waals surface area contributed by atoms with E-state index in [9.17, 15) is 23.2 Å². The van der Waals surface area contributed by atoms with E-state index in [1.807, 2.05) is 0 Å². The Hall–Kier alpha value is -3.97. The van der Waals surface area contributed by atoms with Gasteiger partial charge in [-0.05, 0) is 35.0 Å². The lowest BCUT2D eigenvalue weighted by atomic mass is 10.1. The first-order valence-electron chi connectivity index (χ1n) is 12.8. The summed E-state index contributed by atoms with van der Waals surface area (Å²) in [5.74, 6) is -4.10. The SMILES string of the molecule is COc1cc2cc(C(=O)CCC(=O)O)sc2cc1OCCCOc1cc2sc(C(F)(F)CCC(=O)O)cc2cc1OC. The van der Waals surface area contributed by atoms with Crippen LogP contribution in [0.4, 0.5) is 8.78 Å². The van der Waals surface area contributed by atoms with Crippen LogP contribution in [0.5, 0.6) is 23.0 Å². The Bertz CT molecular complexity index is 1610.